The van der Waals surface area contributed by atoms with Crippen LogP contribution in [0.15, 0.2) is 12.4 Å². The minimum absolute atomic E-state index is 0.176. The number of hydrogen-bond donors (Lipinski definition) is 3. The minimum Gasteiger partial charge on any atom is -0.393 e. The van der Waals surface area contributed by atoms with Crippen LogP contribution in [0.2, 0.25) is 0 Å². The van der Waals surface area contributed by atoms with Crippen LogP contribution >= 0.6 is 12.2 Å². The van der Waals surface area contributed by atoms with Gasteiger partial charge in [-0.05, 0) is 0 Å². The molecule has 70 valence electrons. The maximum absolute atomic E-state index is 11.2. The first-order chi connectivity index (χ1) is 6.20. The molecule has 0 unspecified atom stereocenters. The molecular formula is C7H10N4OS. The molecule has 0 bridgehead atoms. The summed E-state index contributed by atoms with van der Waals surface area (Å²) in [6, 6.07) is 0. The van der Waals surface area contributed by atoms with Crippen molar-refractivity contribution in [1.29, 1.82) is 0 Å². The third-order valence-corrected chi connectivity index (χ3v) is 1.62. The van der Waals surface area contributed by atoms with E-state index in [0.29, 0.717) is 23.5 Å². The molecule has 13 heavy (non-hydrogen) atoms. The van der Waals surface area contributed by atoms with E-state index in [4.69, 9.17) is 5.73 Å². The largest absolute Gasteiger partial charge is 0.393 e. The van der Waals surface area contributed by atoms with Gasteiger partial charge in [0.15, 0.2) is 0 Å². The van der Waals surface area contributed by atoms with Gasteiger partial charge in [0, 0.05) is 19.2 Å². The highest BCUT2D eigenvalue weighted by molar-refractivity contribution is 7.80. The minimum atomic E-state index is -0.176. The smallest absolute Gasteiger partial charge is 0.254 e. The normalized spacial score (nSPS) is 9.54. The van der Waals surface area contributed by atoms with E-state index in [1.807, 2.05) is 0 Å². The first-order valence-electron chi connectivity index (χ1n) is 3.75. The number of rotatable bonds is 4. The van der Waals surface area contributed by atoms with Crippen LogP contribution in [0.5, 0.6) is 0 Å². The second kappa shape index (κ2) is 4.56. The predicted octanol–water partition coefficient (Wildman–Crippen LogP) is -0.184. The van der Waals surface area contributed by atoms with E-state index in [-0.39, 0.29) is 5.91 Å². The molecule has 0 saturated heterocycles. The lowest BCUT2D eigenvalue weighted by atomic mass is 10.3. The van der Waals surface area contributed by atoms with Crippen molar-refractivity contribution >= 4 is 23.1 Å². The second-order valence-corrected chi connectivity index (χ2v) is 2.98. The Labute approximate surface area is 80.7 Å². The highest BCUT2D eigenvalue weighted by atomic mass is 32.1. The molecule has 0 saturated carbocycles. The molecule has 4 N–H and O–H groups in total. The quantitative estimate of drug-likeness (QED) is 0.586. The molecule has 0 aromatic carbocycles. The average molecular weight is 198 g/mol. The van der Waals surface area contributed by atoms with E-state index < -0.39 is 0 Å². The summed E-state index contributed by atoms with van der Waals surface area (Å²) in [5.41, 5.74) is 5.76. The number of nitrogens with one attached hydrogen (secondary N) is 2. The van der Waals surface area contributed by atoms with E-state index in [0.717, 1.165) is 0 Å². The summed E-state index contributed by atoms with van der Waals surface area (Å²) in [6.07, 6.45) is 3.49. The Morgan fingerprint density at radius 3 is 3.08 bits per heavy atom. The standard InChI is InChI=1S/C7H10N4OS/c8-6(13)1-2-9-7(12)5-3-10-11-4-5/h3-4H,1-2H2,(H2,8,13)(H,9,12)(H,10,11). The summed E-state index contributed by atoms with van der Waals surface area (Å²) in [5.74, 6) is -0.176. The molecule has 0 fully saturated rings. The number of aromatic amines is 1. The molecule has 1 amide bonds. The summed E-state index contributed by atoms with van der Waals surface area (Å²) in [5, 5.41) is 8.85. The fourth-order valence-corrected chi connectivity index (χ4v) is 0.878. The van der Waals surface area contributed by atoms with Gasteiger partial charge >= 0.3 is 0 Å². The van der Waals surface area contributed by atoms with Crippen LogP contribution in [0, 0.1) is 0 Å². The number of H-pyrrole nitrogens is 1. The molecule has 1 heterocycles. The van der Waals surface area contributed by atoms with Gasteiger partial charge in [-0.15, -0.1) is 0 Å². The zero-order valence-electron chi connectivity index (χ0n) is 6.91. The summed E-state index contributed by atoms with van der Waals surface area (Å²) in [7, 11) is 0. The zero-order chi connectivity index (χ0) is 9.68. The van der Waals surface area contributed by atoms with E-state index in [1.54, 1.807) is 0 Å². The molecule has 5 nitrogen and oxygen atoms in total. The second-order valence-electron chi connectivity index (χ2n) is 2.46. The van der Waals surface area contributed by atoms with Crippen molar-refractivity contribution in [3.63, 3.8) is 0 Å². The van der Waals surface area contributed by atoms with Crippen molar-refractivity contribution < 1.29 is 4.79 Å². The average Bonchev–Trinajstić information content (AvgIpc) is 2.55. The molecule has 0 aliphatic rings. The van der Waals surface area contributed by atoms with Crippen LogP contribution in [0.25, 0.3) is 0 Å². The molecule has 0 atom stereocenters. The number of hydrogen-bond acceptors (Lipinski definition) is 3. The van der Waals surface area contributed by atoms with Crippen LogP contribution in [0.1, 0.15) is 16.8 Å². The molecule has 0 aliphatic carbocycles. The summed E-state index contributed by atoms with van der Waals surface area (Å²) >= 11 is 4.66. The lowest BCUT2D eigenvalue weighted by Gasteiger charge is -2.01. The van der Waals surface area contributed by atoms with Crippen molar-refractivity contribution in [3.05, 3.63) is 18.0 Å². The van der Waals surface area contributed by atoms with Crippen molar-refractivity contribution in [1.82, 2.24) is 15.5 Å². The Morgan fingerprint density at radius 2 is 2.54 bits per heavy atom. The SMILES string of the molecule is NC(=S)CCNC(=O)c1cn[nH]c1. The maximum atomic E-state index is 11.2. The van der Waals surface area contributed by atoms with Gasteiger partial charge in [-0.3, -0.25) is 9.89 Å². The van der Waals surface area contributed by atoms with Gasteiger partial charge < -0.3 is 11.1 Å². The van der Waals surface area contributed by atoms with Crippen molar-refractivity contribution in [2.45, 2.75) is 6.42 Å². The van der Waals surface area contributed by atoms with Crippen molar-refractivity contribution in [2.24, 2.45) is 5.73 Å². The van der Waals surface area contributed by atoms with E-state index in [2.05, 4.69) is 27.7 Å². The summed E-state index contributed by atoms with van der Waals surface area (Å²) in [6.45, 7) is 0.458. The third-order valence-electron chi connectivity index (χ3n) is 1.42. The van der Waals surface area contributed by atoms with E-state index >= 15 is 0 Å². The molecule has 1 rings (SSSR count). The molecular weight excluding hydrogens is 188 g/mol. The molecule has 0 spiro atoms. The van der Waals surface area contributed by atoms with Crippen LogP contribution in [0.3, 0.4) is 0 Å². The Hall–Kier alpha value is -1.43. The van der Waals surface area contributed by atoms with Crippen LogP contribution in [-0.2, 0) is 0 Å². The zero-order valence-corrected chi connectivity index (χ0v) is 7.73. The molecule has 1 aromatic heterocycles. The Kier molecular flexibility index (Phi) is 3.39. The molecule has 0 aliphatic heterocycles. The fraction of sp³-hybridized carbons (Fsp3) is 0.286. The summed E-state index contributed by atoms with van der Waals surface area (Å²) in [4.78, 5) is 11.6. The summed E-state index contributed by atoms with van der Waals surface area (Å²) < 4.78 is 0. The lowest BCUT2D eigenvalue weighted by molar-refractivity contribution is 0.0955. The molecule has 6 heteroatoms. The topological polar surface area (TPSA) is 83.8 Å². The van der Waals surface area contributed by atoms with Gasteiger partial charge in [0.05, 0.1) is 16.7 Å². The van der Waals surface area contributed by atoms with Crippen LogP contribution in [0.4, 0.5) is 0 Å². The first kappa shape index (κ1) is 9.66. The lowest BCUT2D eigenvalue weighted by Crippen LogP contribution is -2.26. The predicted molar refractivity (Wildman–Crippen MR) is 52.3 cm³/mol. The number of thiocarbonyl (C=S) groups is 1. The van der Waals surface area contributed by atoms with Gasteiger partial charge in [-0.25, -0.2) is 0 Å². The van der Waals surface area contributed by atoms with Crippen molar-refractivity contribution in [3.8, 4) is 0 Å². The van der Waals surface area contributed by atoms with Gasteiger partial charge in [0.2, 0.25) is 0 Å². The highest BCUT2D eigenvalue weighted by Gasteiger charge is 2.04. The van der Waals surface area contributed by atoms with Gasteiger partial charge in [0.25, 0.3) is 5.91 Å². The van der Waals surface area contributed by atoms with Crippen LogP contribution in [-0.4, -0.2) is 27.6 Å². The number of carbonyl (C=O) groups excluding carboxylic acids is 1. The Balaban J connectivity index is 2.31. The van der Waals surface area contributed by atoms with Gasteiger partial charge in [-0.2, -0.15) is 5.10 Å². The first-order valence-corrected chi connectivity index (χ1v) is 4.16. The monoisotopic (exact) mass is 198 g/mol. The van der Waals surface area contributed by atoms with E-state index in [9.17, 15) is 4.79 Å². The van der Waals surface area contributed by atoms with Crippen molar-refractivity contribution in [2.75, 3.05) is 6.54 Å². The number of carbonyl (C=O) groups is 1. The van der Waals surface area contributed by atoms with Crippen LogP contribution < -0.4 is 11.1 Å². The Bertz CT molecular complexity index is 295. The number of nitrogens with two attached hydrogens (primary N) is 1. The Morgan fingerprint density at radius 1 is 1.77 bits per heavy atom. The van der Waals surface area contributed by atoms with Gasteiger partial charge in [0.1, 0.15) is 0 Å². The number of aromatic nitrogens is 2. The highest BCUT2D eigenvalue weighted by Crippen LogP contribution is 1.92. The fourth-order valence-electron chi connectivity index (χ4n) is 0.776. The maximum Gasteiger partial charge on any atom is 0.254 e. The molecule has 1 aromatic rings. The van der Waals surface area contributed by atoms with E-state index in [1.165, 1.54) is 12.4 Å². The molecule has 0 radical (unpaired) electrons. The third kappa shape index (κ3) is 3.20. The van der Waals surface area contributed by atoms with Gasteiger partial charge in [-0.1, -0.05) is 12.2 Å². The number of amides is 1. The number of nitrogens with zero attached hydrogens (tertiary/aromatic N) is 1.